The third-order valence-electron chi connectivity index (χ3n) is 2.13. The lowest BCUT2D eigenvalue weighted by atomic mass is 10.3. The van der Waals surface area contributed by atoms with Crippen LogP contribution in [0.2, 0.25) is 0 Å². The van der Waals surface area contributed by atoms with Crippen LogP contribution in [0.1, 0.15) is 23.7 Å². The normalized spacial score (nSPS) is 12.4. The van der Waals surface area contributed by atoms with Gasteiger partial charge in [-0.15, -0.1) is 11.3 Å². The van der Waals surface area contributed by atoms with Crippen LogP contribution in [0.4, 0.5) is 17.6 Å². The Bertz CT molecular complexity index is 503. The molecular formula is C10H14N6S. The molecule has 0 bridgehead atoms. The molecule has 5 N–H and O–H groups in total. The van der Waals surface area contributed by atoms with Crippen LogP contribution in [0.15, 0.2) is 11.4 Å². The van der Waals surface area contributed by atoms with Crippen LogP contribution in [-0.2, 0) is 0 Å². The molecule has 1 atom stereocenters. The fraction of sp³-hybridized carbons (Fsp3) is 0.300. The minimum absolute atomic E-state index is 0.0578. The van der Waals surface area contributed by atoms with Crippen molar-refractivity contribution in [3.8, 4) is 0 Å². The molecule has 0 aliphatic carbocycles. The van der Waals surface area contributed by atoms with Gasteiger partial charge in [-0.25, -0.2) is 4.98 Å². The summed E-state index contributed by atoms with van der Waals surface area (Å²) in [5, 5.41) is 6.20. The van der Waals surface area contributed by atoms with E-state index in [-0.39, 0.29) is 12.0 Å². The Morgan fingerprint density at radius 3 is 2.65 bits per heavy atom. The molecule has 0 saturated carbocycles. The zero-order chi connectivity index (χ0) is 12.4. The van der Waals surface area contributed by atoms with Crippen LogP contribution in [0, 0.1) is 6.92 Å². The van der Waals surface area contributed by atoms with Crippen LogP contribution >= 0.6 is 11.3 Å². The van der Waals surface area contributed by atoms with Crippen LogP contribution in [0.3, 0.4) is 0 Å². The lowest BCUT2D eigenvalue weighted by Gasteiger charge is -2.12. The molecule has 0 fully saturated rings. The zero-order valence-electron chi connectivity index (χ0n) is 9.64. The van der Waals surface area contributed by atoms with E-state index in [1.165, 1.54) is 0 Å². The van der Waals surface area contributed by atoms with E-state index in [1.54, 1.807) is 17.4 Å². The first-order valence-electron chi connectivity index (χ1n) is 5.13. The van der Waals surface area contributed by atoms with E-state index in [4.69, 9.17) is 11.5 Å². The maximum absolute atomic E-state index is 5.59. The second-order valence-electron chi connectivity index (χ2n) is 3.73. The van der Waals surface area contributed by atoms with Crippen molar-refractivity contribution >= 4 is 28.9 Å². The molecule has 0 aliphatic rings. The smallest absolute Gasteiger partial charge is 0.223 e. The Labute approximate surface area is 103 Å². The molecule has 2 heterocycles. The average Bonchev–Trinajstić information content (AvgIpc) is 2.63. The molecule has 7 heteroatoms. The molecule has 6 nitrogen and oxygen atoms in total. The minimum atomic E-state index is 0.0578. The Morgan fingerprint density at radius 2 is 2.06 bits per heavy atom. The summed E-state index contributed by atoms with van der Waals surface area (Å²) in [6, 6.07) is 1.70. The van der Waals surface area contributed by atoms with Crippen LogP contribution in [-0.4, -0.2) is 15.0 Å². The first-order valence-corrected chi connectivity index (χ1v) is 6.01. The molecule has 2 rings (SSSR count). The second-order valence-corrected chi connectivity index (χ2v) is 4.62. The zero-order valence-corrected chi connectivity index (χ0v) is 10.5. The average molecular weight is 250 g/mol. The molecule has 0 amide bonds. The molecule has 17 heavy (non-hydrogen) atoms. The molecule has 0 radical (unpaired) electrons. The number of nitrogens with two attached hydrogens (primary N) is 2. The maximum Gasteiger partial charge on any atom is 0.223 e. The number of aryl methyl sites for hydroxylation is 1. The van der Waals surface area contributed by atoms with Crippen molar-refractivity contribution in [3.63, 3.8) is 0 Å². The van der Waals surface area contributed by atoms with Crippen molar-refractivity contribution in [2.24, 2.45) is 0 Å². The van der Waals surface area contributed by atoms with Crippen LogP contribution in [0.25, 0.3) is 0 Å². The van der Waals surface area contributed by atoms with Gasteiger partial charge in [-0.2, -0.15) is 9.97 Å². The predicted molar refractivity (Wildman–Crippen MR) is 69.7 cm³/mol. The monoisotopic (exact) mass is 250 g/mol. The first-order chi connectivity index (χ1) is 8.04. The highest BCUT2D eigenvalue weighted by Gasteiger charge is 2.10. The number of nitrogens with zero attached hydrogens (tertiary/aromatic N) is 3. The quantitative estimate of drug-likeness (QED) is 0.764. The van der Waals surface area contributed by atoms with Crippen molar-refractivity contribution in [3.05, 3.63) is 22.1 Å². The first kappa shape index (κ1) is 11.6. The molecule has 2 aromatic rings. The van der Waals surface area contributed by atoms with E-state index >= 15 is 0 Å². The number of nitrogen functional groups attached to an aromatic ring is 2. The Kier molecular flexibility index (Phi) is 3.10. The SMILES string of the molecule is Cc1csc(C(C)Nc2cc(N)nc(N)n2)n1. The van der Waals surface area contributed by atoms with Gasteiger partial charge in [0, 0.05) is 17.1 Å². The summed E-state index contributed by atoms with van der Waals surface area (Å²) in [4.78, 5) is 12.3. The number of thiazole rings is 1. The van der Waals surface area contributed by atoms with Gasteiger partial charge < -0.3 is 16.8 Å². The number of hydrogen-bond donors (Lipinski definition) is 3. The summed E-state index contributed by atoms with van der Waals surface area (Å²) < 4.78 is 0. The third kappa shape index (κ3) is 2.82. The van der Waals surface area contributed by atoms with Crippen molar-refractivity contribution in [2.45, 2.75) is 19.9 Å². The van der Waals surface area contributed by atoms with Gasteiger partial charge in [-0.3, -0.25) is 0 Å². The van der Waals surface area contributed by atoms with E-state index in [1.807, 2.05) is 19.2 Å². The fourth-order valence-electron chi connectivity index (χ4n) is 1.41. The largest absolute Gasteiger partial charge is 0.383 e. The van der Waals surface area contributed by atoms with Gasteiger partial charge in [-0.05, 0) is 13.8 Å². The van der Waals surface area contributed by atoms with E-state index < -0.39 is 0 Å². The fourth-order valence-corrected chi connectivity index (χ4v) is 2.22. The number of aromatic nitrogens is 3. The number of anilines is 3. The Hall–Kier alpha value is -1.89. The van der Waals surface area contributed by atoms with Gasteiger partial charge in [0.2, 0.25) is 5.95 Å². The summed E-state index contributed by atoms with van der Waals surface area (Å²) in [6.45, 7) is 3.97. The third-order valence-corrected chi connectivity index (χ3v) is 3.28. The Morgan fingerprint density at radius 1 is 1.29 bits per heavy atom. The molecule has 1 unspecified atom stereocenters. The molecule has 0 spiro atoms. The molecular weight excluding hydrogens is 236 g/mol. The van der Waals surface area contributed by atoms with Gasteiger partial charge in [0.05, 0.1) is 6.04 Å². The van der Waals surface area contributed by atoms with E-state index in [0.717, 1.165) is 10.7 Å². The Balaban J connectivity index is 2.15. The maximum atomic E-state index is 5.59. The highest BCUT2D eigenvalue weighted by Crippen LogP contribution is 2.22. The topological polar surface area (TPSA) is 103 Å². The van der Waals surface area contributed by atoms with Crippen molar-refractivity contribution < 1.29 is 0 Å². The molecule has 0 aromatic carbocycles. The summed E-state index contributed by atoms with van der Waals surface area (Å²) >= 11 is 1.61. The summed E-state index contributed by atoms with van der Waals surface area (Å²) in [5.74, 6) is 1.12. The number of rotatable bonds is 3. The summed E-state index contributed by atoms with van der Waals surface area (Å²) in [5.41, 5.74) is 12.1. The van der Waals surface area contributed by atoms with E-state index in [9.17, 15) is 0 Å². The number of nitrogens with one attached hydrogen (secondary N) is 1. The van der Waals surface area contributed by atoms with E-state index in [2.05, 4.69) is 20.3 Å². The predicted octanol–water partition coefficient (Wildman–Crippen LogP) is 1.58. The second kappa shape index (κ2) is 4.54. The van der Waals surface area contributed by atoms with Gasteiger partial charge in [-0.1, -0.05) is 0 Å². The van der Waals surface area contributed by atoms with Crippen molar-refractivity contribution in [2.75, 3.05) is 16.8 Å². The highest BCUT2D eigenvalue weighted by atomic mass is 32.1. The van der Waals surface area contributed by atoms with E-state index in [0.29, 0.717) is 11.6 Å². The van der Waals surface area contributed by atoms with Crippen molar-refractivity contribution in [1.29, 1.82) is 0 Å². The van der Waals surface area contributed by atoms with Crippen LogP contribution in [0.5, 0.6) is 0 Å². The van der Waals surface area contributed by atoms with Gasteiger partial charge in [0.25, 0.3) is 0 Å². The minimum Gasteiger partial charge on any atom is -0.383 e. The van der Waals surface area contributed by atoms with Crippen molar-refractivity contribution in [1.82, 2.24) is 15.0 Å². The summed E-state index contributed by atoms with van der Waals surface area (Å²) in [7, 11) is 0. The van der Waals surface area contributed by atoms with Gasteiger partial charge in [0.15, 0.2) is 0 Å². The lowest BCUT2D eigenvalue weighted by molar-refractivity contribution is 0.854. The van der Waals surface area contributed by atoms with Gasteiger partial charge in [0.1, 0.15) is 16.6 Å². The molecule has 90 valence electrons. The highest BCUT2D eigenvalue weighted by molar-refractivity contribution is 7.09. The summed E-state index contributed by atoms with van der Waals surface area (Å²) in [6.07, 6.45) is 0. The number of hydrogen-bond acceptors (Lipinski definition) is 7. The molecule has 2 aromatic heterocycles. The van der Waals surface area contributed by atoms with Gasteiger partial charge >= 0.3 is 0 Å². The van der Waals surface area contributed by atoms with Crippen LogP contribution < -0.4 is 16.8 Å². The molecule has 0 saturated heterocycles. The lowest BCUT2D eigenvalue weighted by Crippen LogP contribution is -2.10. The molecule has 0 aliphatic heterocycles. The standard InChI is InChI=1S/C10H14N6S/c1-5-4-17-9(13-5)6(2)14-8-3-7(11)15-10(12)16-8/h3-4,6H,1-2H3,(H5,11,12,14,15,16).